The van der Waals surface area contributed by atoms with Crippen molar-refractivity contribution in [3.63, 3.8) is 0 Å². The van der Waals surface area contributed by atoms with Crippen LogP contribution in [0.15, 0.2) is 22.3 Å². The van der Waals surface area contributed by atoms with Crippen molar-refractivity contribution in [2.24, 2.45) is 0 Å². The third kappa shape index (κ3) is 1.41. The average Bonchev–Trinajstić information content (AvgIpc) is 2.06. The summed E-state index contributed by atoms with van der Waals surface area (Å²) < 4.78 is 0.254. The van der Waals surface area contributed by atoms with Crippen molar-refractivity contribution in [1.82, 2.24) is 0 Å². The third-order valence-electron chi connectivity index (χ3n) is 2.63. The molecule has 2 heteroatoms. The topological polar surface area (TPSA) is 0 Å². The van der Waals surface area contributed by atoms with Crippen molar-refractivity contribution in [1.29, 1.82) is 0 Å². The van der Waals surface area contributed by atoms with Crippen LogP contribution in [0.25, 0.3) is 0 Å². The van der Waals surface area contributed by atoms with Gasteiger partial charge in [0.25, 0.3) is 0 Å². The van der Waals surface area contributed by atoms with E-state index in [1.54, 1.807) is 0 Å². The van der Waals surface area contributed by atoms with Crippen LogP contribution in [-0.2, 0) is 0 Å². The van der Waals surface area contributed by atoms with E-state index < -0.39 is 0 Å². The molecule has 0 saturated heterocycles. The van der Waals surface area contributed by atoms with Gasteiger partial charge in [-0.1, -0.05) is 45.2 Å². The Balaban J connectivity index is 3.27. The molecule has 0 spiro atoms. The van der Waals surface area contributed by atoms with E-state index >= 15 is 0 Å². The van der Waals surface area contributed by atoms with Gasteiger partial charge in [-0.05, 0) is 50.0 Å². The van der Waals surface area contributed by atoms with Gasteiger partial charge >= 0.3 is 0 Å². The van der Waals surface area contributed by atoms with E-state index in [0.717, 1.165) is 0 Å². The van der Waals surface area contributed by atoms with Crippen molar-refractivity contribution in [2.75, 3.05) is 0 Å². The van der Waals surface area contributed by atoms with E-state index in [9.17, 15) is 0 Å². The van der Waals surface area contributed by atoms with E-state index in [1.165, 1.54) is 22.3 Å². The highest BCUT2D eigenvalue weighted by Gasteiger charge is 2.34. The third-order valence-corrected chi connectivity index (χ3v) is 5.87. The standard InChI is InChI=1S/C9H12I2/c1-5-6(2)8(4)9(10,11)7(5)3/h1-4H3. The smallest absolute Gasteiger partial charge is 0.0573 e. The molecule has 0 aromatic heterocycles. The molecule has 0 aliphatic heterocycles. The molecule has 11 heavy (non-hydrogen) atoms. The summed E-state index contributed by atoms with van der Waals surface area (Å²) in [5.41, 5.74) is 5.97. The van der Waals surface area contributed by atoms with Gasteiger partial charge in [0, 0.05) is 0 Å². The Morgan fingerprint density at radius 1 is 0.818 bits per heavy atom. The molecule has 1 rings (SSSR count). The first-order valence-electron chi connectivity index (χ1n) is 3.63. The lowest BCUT2D eigenvalue weighted by molar-refractivity contribution is 1.16. The Morgan fingerprint density at radius 3 is 1.18 bits per heavy atom. The van der Waals surface area contributed by atoms with Gasteiger partial charge in [-0.25, -0.2) is 0 Å². The summed E-state index contributed by atoms with van der Waals surface area (Å²) in [6, 6.07) is 0. The fourth-order valence-corrected chi connectivity index (χ4v) is 2.93. The second-order valence-corrected chi connectivity index (χ2v) is 8.37. The Labute approximate surface area is 95.8 Å². The highest BCUT2D eigenvalue weighted by molar-refractivity contribution is 14.2. The average molecular weight is 374 g/mol. The fourth-order valence-electron chi connectivity index (χ4n) is 1.31. The van der Waals surface area contributed by atoms with E-state index in [0.29, 0.717) is 0 Å². The molecular formula is C9H12I2. The predicted molar refractivity (Wildman–Crippen MR) is 67.5 cm³/mol. The molecule has 1 aliphatic carbocycles. The van der Waals surface area contributed by atoms with Crippen molar-refractivity contribution < 1.29 is 0 Å². The summed E-state index contributed by atoms with van der Waals surface area (Å²) in [6.07, 6.45) is 0. The number of alkyl halides is 2. The lowest BCUT2D eigenvalue weighted by Crippen LogP contribution is -2.10. The summed E-state index contributed by atoms with van der Waals surface area (Å²) in [5, 5.41) is 0. The zero-order chi connectivity index (χ0) is 8.81. The van der Waals surface area contributed by atoms with Crippen LogP contribution >= 0.6 is 45.2 Å². The minimum atomic E-state index is 0.254. The van der Waals surface area contributed by atoms with Gasteiger partial charge in [0.1, 0.15) is 1.43 Å². The van der Waals surface area contributed by atoms with Crippen molar-refractivity contribution in [2.45, 2.75) is 29.1 Å². The summed E-state index contributed by atoms with van der Waals surface area (Å²) in [7, 11) is 0. The molecule has 0 N–H and O–H groups in total. The van der Waals surface area contributed by atoms with Gasteiger partial charge in [-0.2, -0.15) is 0 Å². The van der Waals surface area contributed by atoms with Crippen molar-refractivity contribution >= 4 is 45.2 Å². The molecule has 0 heterocycles. The first-order chi connectivity index (χ1) is 4.89. The van der Waals surface area contributed by atoms with E-state index in [2.05, 4.69) is 72.9 Å². The molecule has 1 aliphatic rings. The van der Waals surface area contributed by atoms with Crippen LogP contribution in [0.2, 0.25) is 0 Å². The maximum absolute atomic E-state index is 2.52. The molecule has 0 fully saturated rings. The first-order valence-corrected chi connectivity index (χ1v) is 5.79. The van der Waals surface area contributed by atoms with Crippen LogP contribution in [0, 0.1) is 0 Å². The molecule has 0 radical (unpaired) electrons. The Morgan fingerprint density at radius 2 is 1.09 bits per heavy atom. The maximum atomic E-state index is 2.52. The number of halogens is 2. The molecule has 0 nitrogen and oxygen atoms in total. The minimum absolute atomic E-state index is 0.254. The van der Waals surface area contributed by atoms with E-state index in [4.69, 9.17) is 0 Å². The molecule has 0 aromatic carbocycles. The molecule has 0 bridgehead atoms. The Hall–Kier alpha value is 0.940. The largest absolute Gasteiger partial charge is 0.116 e. The highest BCUT2D eigenvalue weighted by atomic mass is 127. The van der Waals surface area contributed by atoms with Crippen LogP contribution in [0.5, 0.6) is 0 Å². The van der Waals surface area contributed by atoms with Crippen LogP contribution in [-0.4, -0.2) is 1.43 Å². The lowest BCUT2D eigenvalue weighted by atomic mass is 10.1. The number of hydrogen-bond donors (Lipinski definition) is 0. The normalized spacial score (nSPS) is 23.5. The molecule has 0 aromatic rings. The van der Waals surface area contributed by atoms with Crippen LogP contribution in [0.1, 0.15) is 27.7 Å². The van der Waals surface area contributed by atoms with Crippen LogP contribution in [0.3, 0.4) is 0 Å². The first kappa shape index (κ1) is 10.0. The zero-order valence-corrected chi connectivity index (χ0v) is 11.6. The predicted octanol–water partition coefficient (Wildman–Crippen LogP) is 4.24. The molecule has 0 unspecified atom stereocenters. The SMILES string of the molecule is CC1=C(C)C(I)(I)C(C)=C1C. The summed E-state index contributed by atoms with van der Waals surface area (Å²) in [5.74, 6) is 0. The number of allylic oxidation sites excluding steroid dienone is 4. The Kier molecular flexibility index (Phi) is 2.75. The van der Waals surface area contributed by atoms with E-state index in [1.807, 2.05) is 0 Å². The summed E-state index contributed by atoms with van der Waals surface area (Å²) in [4.78, 5) is 0. The van der Waals surface area contributed by atoms with E-state index in [-0.39, 0.29) is 1.43 Å². The number of rotatable bonds is 0. The maximum Gasteiger partial charge on any atom is 0.116 e. The lowest BCUT2D eigenvalue weighted by Gasteiger charge is -2.18. The zero-order valence-electron chi connectivity index (χ0n) is 7.26. The van der Waals surface area contributed by atoms with Gasteiger partial charge in [-0.15, -0.1) is 0 Å². The Bertz CT molecular complexity index is 231. The quantitative estimate of drug-likeness (QED) is 0.440. The van der Waals surface area contributed by atoms with Crippen LogP contribution < -0.4 is 0 Å². The van der Waals surface area contributed by atoms with Crippen molar-refractivity contribution in [3.8, 4) is 0 Å². The number of hydrogen-bond acceptors (Lipinski definition) is 0. The molecule has 0 amide bonds. The minimum Gasteiger partial charge on any atom is -0.0573 e. The summed E-state index contributed by atoms with van der Waals surface area (Å²) >= 11 is 5.04. The second kappa shape index (κ2) is 3.01. The molecule has 62 valence electrons. The van der Waals surface area contributed by atoms with Gasteiger partial charge in [0.2, 0.25) is 0 Å². The van der Waals surface area contributed by atoms with Gasteiger partial charge in [0.15, 0.2) is 0 Å². The second-order valence-electron chi connectivity index (χ2n) is 3.07. The summed E-state index contributed by atoms with van der Waals surface area (Å²) in [6.45, 7) is 8.89. The van der Waals surface area contributed by atoms with Crippen LogP contribution in [0.4, 0.5) is 0 Å². The molecular weight excluding hydrogens is 362 g/mol. The molecule has 0 saturated carbocycles. The monoisotopic (exact) mass is 374 g/mol. The molecule has 0 atom stereocenters. The highest BCUT2D eigenvalue weighted by Crippen LogP contribution is 2.50. The fraction of sp³-hybridized carbons (Fsp3) is 0.556. The van der Waals surface area contributed by atoms with Gasteiger partial charge in [-0.3, -0.25) is 0 Å². The van der Waals surface area contributed by atoms with Gasteiger partial charge in [0.05, 0.1) is 0 Å². The van der Waals surface area contributed by atoms with Crippen molar-refractivity contribution in [3.05, 3.63) is 22.3 Å². The van der Waals surface area contributed by atoms with Gasteiger partial charge < -0.3 is 0 Å².